The molecule has 0 spiro atoms. The number of anilines is 1. The summed E-state index contributed by atoms with van der Waals surface area (Å²) in [7, 11) is 3.39. The van der Waals surface area contributed by atoms with Crippen LogP contribution in [0.25, 0.3) is 11.4 Å². The first-order valence-corrected chi connectivity index (χ1v) is 9.74. The SMILES string of the molecule is CCn1c(SCC(=O)Nc2nc(C)cs2)nnc1-c1cn(C)nc1OC. The smallest absolute Gasteiger partial charge is 0.243 e. The molecule has 0 atom stereocenters. The van der Waals surface area contributed by atoms with Gasteiger partial charge in [0.15, 0.2) is 16.1 Å². The molecule has 3 heterocycles. The van der Waals surface area contributed by atoms with Crippen LogP contribution in [0.5, 0.6) is 5.88 Å². The lowest BCUT2D eigenvalue weighted by Gasteiger charge is -2.07. The van der Waals surface area contributed by atoms with Crippen LogP contribution < -0.4 is 10.1 Å². The maximum absolute atomic E-state index is 12.1. The van der Waals surface area contributed by atoms with Gasteiger partial charge in [-0.25, -0.2) is 4.98 Å². The Morgan fingerprint density at radius 1 is 1.42 bits per heavy atom. The highest BCUT2D eigenvalue weighted by atomic mass is 32.2. The van der Waals surface area contributed by atoms with Gasteiger partial charge in [-0.1, -0.05) is 11.8 Å². The molecule has 26 heavy (non-hydrogen) atoms. The fraction of sp³-hybridized carbons (Fsp3) is 0.400. The Kier molecular flexibility index (Phi) is 5.57. The number of carbonyl (C=O) groups is 1. The zero-order chi connectivity index (χ0) is 18.7. The maximum atomic E-state index is 12.1. The van der Waals surface area contributed by atoms with Gasteiger partial charge in [-0.05, 0) is 13.8 Å². The lowest BCUT2D eigenvalue weighted by molar-refractivity contribution is -0.113. The quantitative estimate of drug-likeness (QED) is 0.614. The minimum atomic E-state index is -0.129. The van der Waals surface area contributed by atoms with Gasteiger partial charge in [-0.3, -0.25) is 9.48 Å². The first-order valence-electron chi connectivity index (χ1n) is 7.87. The van der Waals surface area contributed by atoms with Crippen LogP contribution in [0.15, 0.2) is 16.7 Å². The molecule has 0 unspecified atom stereocenters. The maximum Gasteiger partial charge on any atom is 0.243 e. The van der Waals surface area contributed by atoms with Gasteiger partial charge in [0.1, 0.15) is 5.56 Å². The number of ether oxygens (including phenoxy) is 1. The van der Waals surface area contributed by atoms with Crippen molar-refractivity contribution in [1.29, 1.82) is 0 Å². The van der Waals surface area contributed by atoms with Crippen LogP contribution in [0.3, 0.4) is 0 Å². The molecule has 138 valence electrons. The highest BCUT2D eigenvalue weighted by Gasteiger charge is 2.20. The topological polar surface area (TPSA) is 99.8 Å². The van der Waals surface area contributed by atoms with Crippen molar-refractivity contribution in [2.24, 2.45) is 7.05 Å². The highest BCUT2D eigenvalue weighted by molar-refractivity contribution is 7.99. The minimum absolute atomic E-state index is 0.129. The standard InChI is InChI=1S/C15H19N7O2S2/c1-5-22-12(10-6-21(3)20-13(10)24-4)18-19-15(22)26-8-11(23)17-14-16-9(2)7-25-14/h6-7H,5,8H2,1-4H3,(H,16,17,23). The van der Waals surface area contributed by atoms with E-state index in [4.69, 9.17) is 4.74 Å². The van der Waals surface area contributed by atoms with Crippen molar-refractivity contribution < 1.29 is 9.53 Å². The van der Waals surface area contributed by atoms with Crippen LogP contribution >= 0.6 is 23.1 Å². The second kappa shape index (κ2) is 7.87. The van der Waals surface area contributed by atoms with E-state index in [1.165, 1.54) is 23.1 Å². The van der Waals surface area contributed by atoms with Gasteiger partial charge in [0, 0.05) is 25.2 Å². The average Bonchev–Trinajstić information content (AvgIpc) is 3.30. The molecule has 0 bridgehead atoms. The predicted molar refractivity (Wildman–Crippen MR) is 101 cm³/mol. The molecule has 11 heteroatoms. The summed E-state index contributed by atoms with van der Waals surface area (Å²) in [4.78, 5) is 16.3. The molecule has 1 amide bonds. The average molecular weight is 393 g/mol. The summed E-state index contributed by atoms with van der Waals surface area (Å²) in [5.74, 6) is 1.25. The summed E-state index contributed by atoms with van der Waals surface area (Å²) < 4.78 is 8.91. The van der Waals surface area contributed by atoms with Crippen molar-refractivity contribution in [2.75, 3.05) is 18.2 Å². The Morgan fingerprint density at radius 3 is 2.88 bits per heavy atom. The first kappa shape index (κ1) is 18.4. The Balaban J connectivity index is 1.73. The molecule has 0 aliphatic carbocycles. The van der Waals surface area contributed by atoms with Gasteiger partial charge in [0.2, 0.25) is 11.8 Å². The number of aryl methyl sites for hydroxylation is 2. The number of nitrogens with one attached hydrogen (secondary N) is 1. The lowest BCUT2D eigenvalue weighted by Crippen LogP contribution is -2.14. The summed E-state index contributed by atoms with van der Waals surface area (Å²) in [6, 6.07) is 0. The molecule has 3 rings (SSSR count). The van der Waals surface area contributed by atoms with Crippen molar-refractivity contribution in [2.45, 2.75) is 25.5 Å². The number of nitrogens with zero attached hydrogens (tertiary/aromatic N) is 6. The third-order valence-corrected chi connectivity index (χ3v) is 5.30. The van der Waals surface area contributed by atoms with E-state index < -0.39 is 0 Å². The van der Waals surface area contributed by atoms with E-state index in [9.17, 15) is 4.79 Å². The van der Waals surface area contributed by atoms with E-state index in [1.54, 1.807) is 11.8 Å². The molecule has 0 aliphatic heterocycles. The fourth-order valence-electron chi connectivity index (χ4n) is 2.35. The van der Waals surface area contributed by atoms with E-state index in [2.05, 4.69) is 25.6 Å². The van der Waals surface area contributed by atoms with Crippen molar-refractivity contribution in [3.8, 4) is 17.3 Å². The molecular weight excluding hydrogens is 374 g/mol. The fourth-order valence-corrected chi connectivity index (χ4v) is 3.86. The minimum Gasteiger partial charge on any atom is -0.479 e. The predicted octanol–water partition coefficient (Wildman–Crippen LogP) is 2.20. The summed E-state index contributed by atoms with van der Waals surface area (Å²) >= 11 is 2.73. The third-order valence-electron chi connectivity index (χ3n) is 3.46. The van der Waals surface area contributed by atoms with Crippen molar-refractivity contribution in [3.63, 3.8) is 0 Å². The van der Waals surface area contributed by atoms with Crippen LogP contribution in [-0.2, 0) is 18.4 Å². The molecule has 3 aromatic heterocycles. The Labute approximate surface area is 158 Å². The van der Waals surface area contributed by atoms with Crippen molar-refractivity contribution in [3.05, 3.63) is 17.3 Å². The number of aromatic nitrogens is 6. The number of hydrogen-bond donors (Lipinski definition) is 1. The molecule has 0 saturated carbocycles. The molecule has 9 nitrogen and oxygen atoms in total. The first-order chi connectivity index (χ1) is 12.5. The monoisotopic (exact) mass is 393 g/mol. The van der Waals surface area contributed by atoms with Gasteiger partial charge in [0.25, 0.3) is 0 Å². The van der Waals surface area contributed by atoms with Crippen molar-refractivity contribution >= 4 is 34.1 Å². The van der Waals surface area contributed by atoms with E-state index in [0.717, 1.165) is 11.3 Å². The molecule has 0 aliphatic rings. The van der Waals surface area contributed by atoms with E-state index >= 15 is 0 Å². The molecule has 3 aromatic rings. The number of methoxy groups -OCH3 is 1. The second-order valence-corrected chi connectivity index (χ2v) is 7.21. The van der Waals surface area contributed by atoms with Gasteiger partial charge in [0.05, 0.1) is 18.6 Å². The second-order valence-electron chi connectivity index (χ2n) is 5.41. The third kappa shape index (κ3) is 3.88. The molecule has 0 saturated heterocycles. The van der Waals surface area contributed by atoms with Gasteiger partial charge in [-0.15, -0.1) is 26.6 Å². The van der Waals surface area contributed by atoms with Crippen LogP contribution in [0.2, 0.25) is 0 Å². The number of thioether (sulfide) groups is 1. The highest BCUT2D eigenvalue weighted by Crippen LogP contribution is 2.30. The summed E-state index contributed by atoms with van der Waals surface area (Å²) in [6.45, 7) is 4.55. The molecule has 0 aromatic carbocycles. The van der Waals surface area contributed by atoms with E-state index in [0.29, 0.717) is 28.5 Å². The number of carbonyl (C=O) groups excluding carboxylic acids is 1. The number of hydrogen-bond acceptors (Lipinski definition) is 8. The normalized spacial score (nSPS) is 10.9. The molecule has 0 fully saturated rings. The molecule has 0 radical (unpaired) electrons. The number of rotatable bonds is 7. The van der Waals surface area contributed by atoms with Crippen LogP contribution in [0.1, 0.15) is 12.6 Å². The number of thiazole rings is 1. The van der Waals surface area contributed by atoms with Gasteiger partial charge < -0.3 is 14.6 Å². The van der Waals surface area contributed by atoms with E-state index in [1.807, 2.05) is 37.0 Å². The van der Waals surface area contributed by atoms with Crippen LogP contribution in [0, 0.1) is 6.92 Å². The Bertz CT molecular complexity index is 915. The van der Waals surface area contributed by atoms with Gasteiger partial charge in [-0.2, -0.15) is 0 Å². The van der Waals surface area contributed by atoms with Crippen LogP contribution in [-0.4, -0.2) is 48.3 Å². The molecular formula is C15H19N7O2S2. The molecule has 1 N–H and O–H groups in total. The Morgan fingerprint density at radius 2 is 2.23 bits per heavy atom. The lowest BCUT2D eigenvalue weighted by atomic mass is 10.3. The van der Waals surface area contributed by atoms with Crippen molar-refractivity contribution in [1.82, 2.24) is 29.5 Å². The Hall–Kier alpha value is -2.40. The summed E-state index contributed by atoms with van der Waals surface area (Å²) in [5.41, 5.74) is 1.65. The van der Waals surface area contributed by atoms with E-state index in [-0.39, 0.29) is 11.7 Å². The zero-order valence-corrected chi connectivity index (χ0v) is 16.5. The largest absolute Gasteiger partial charge is 0.479 e. The zero-order valence-electron chi connectivity index (χ0n) is 14.9. The van der Waals surface area contributed by atoms with Gasteiger partial charge >= 0.3 is 0 Å². The van der Waals surface area contributed by atoms with Crippen LogP contribution in [0.4, 0.5) is 5.13 Å². The number of amides is 1. The summed E-state index contributed by atoms with van der Waals surface area (Å²) in [5, 5.41) is 18.7. The summed E-state index contributed by atoms with van der Waals surface area (Å²) in [6.07, 6.45) is 1.83.